The predicted octanol–water partition coefficient (Wildman–Crippen LogP) is 1.66. The van der Waals surface area contributed by atoms with Crippen molar-refractivity contribution in [1.82, 2.24) is 19.9 Å². The quantitative estimate of drug-likeness (QED) is 0.801. The maximum absolute atomic E-state index is 5.62. The highest BCUT2D eigenvalue weighted by molar-refractivity contribution is 7.09. The standard InChI is InChI=1S/C12H18N6OS/c1-3-6-19-12-17-10(13)16-11(18-12)14-5-4-9-15-8(2)7-20-9/h7H,3-6H2,1-2H3,(H3,13,14,16,17,18). The van der Waals surface area contributed by atoms with E-state index in [0.29, 0.717) is 19.1 Å². The van der Waals surface area contributed by atoms with Gasteiger partial charge in [-0.3, -0.25) is 0 Å². The Hall–Kier alpha value is -1.96. The third kappa shape index (κ3) is 4.30. The normalized spacial score (nSPS) is 10.5. The second kappa shape index (κ2) is 6.99. The van der Waals surface area contributed by atoms with Crippen LogP contribution < -0.4 is 15.8 Å². The van der Waals surface area contributed by atoms with E-state index in [9.17, 15) is 0 Å². The van der Waals surface area contributed by atoms with Crippen molar-refractivity contribution in [3.63, 3.8) is 0 Å². The molecule has 0 fully saturated rings. The van der Waals surface area contributed by atoms with Crippen LogP contribution in [0.25, 0.3) is 0 Å². The van der Waals surface area contributed by atoms with Crippen molar-refractivity contribution in [2.45, 2.75) is 26.7 Å². The summed E-state index contributed by atoms with van der Waals surface area (Å²) in [6.45, 7) is 5.24. The third-order valence-electron chi connectivity index (χ3n) is 2.36. The largest absolute Gasteiger partial charge is 0.463 e. The summed E-state index contributed by atoms with van der Waals surface area (Å²) in [4.78, 5) is 16.5. The van der Waals surface area contributed by atoms with Crippen LogP contribution in [0.3, 0.4) is 0 Å². The fourth-order valence-electron chi connectivity index (χ4n) is 1.51. The number of aromatic nitrogens is 4. The molecule has 0 bridgehead atoms. The summed E-state index contributed by atoms with van der Waals surface area (Å²) in [5.41, 5.74) is 6.67. The van der Waals surface area contributed by atoms with E-state index in [0.717, 1.165) is 23.5 Å². The monoisotopic (exact) mass is 294 g/mol. The van der Waals surface area contributed by atoms with Gasteiger partial charge in [-0.2, -0.15) is 15.0 Å². The molecular weight excluding hydrogens is 276 g/mol. The van der Waals surface area contributed by atoms with E-state index < -0.39 is 0 Å². The molecule has 0 unspecified atom stereocenters. The molecule has 0 spiro atoms. The van der Waals surface area contributed by atoms with Crippen molar-refractivity contribution in [1.29, 1.82) is 0 Å². The van der Waals surface area contributed by atoms with Gasteiger partial charge in [0.2, 0.25) is 11.9 Å². The lowest BCUT2D eigenvalue weighted by molar-refractivity contribution is 0.292. The van der Waals surface area contributed by atoms with Gasteiger partial charge in [0, 0.05) is 24.0 Å². The molecule has 0 aliphatic carbocycles. The summed E-state index contributed by atoms with van der Waals surface area (Å²) in [6, 6.07) is 0.256. The Morgan fingerprint density at radius 3 is 2.85 bits per heavy atom. The topological polar surface area (TPSA) is 98.8 Å². The minimum absolute atomic E-state index is 0.152. The number of aryl methyl sites for hydroxylation is 1. The second-order valence-corrected chi connectivity index (χ2v) is 5.15. The molecule has 0 saturated heterocycles. The summed E-state index contributed by atoms with van der Waals surface area (Å²) in [5, 5.41) is 6.22. The molecule has 0 atom stereocenters. The van der Waals surface area contributed by atoms with Crippen LogP contribution in [0.4, 0.5) is 11.9 Å². The zero-order chi connectivity index (χ0) is 14.4. The number of nitrogens with two attached hydrogens (primary N) is 1. The molecule has 0 aromatic carbocycles. The van der Waals surface area contributed by atoms with E-state index in [1.807, 2.05) is 19.2 Å². The number of hydrogen-bond donors (Lipinski definition) is 2. The summed E-state index contributed by atoms with van der Waals surface area (Å²) >= 11 is 1.65. The molecule has 0 aliphatic rings. The molecule has 2 rings (SSSR count). The Kier molecular flexibility index (Phi) is 5.05. The summed E-state index contributed by atoms with van der Waals surface area (Å²) in [6.07, 6.45) is 1.70. The minimum Gasteiger partial charge on any atom is -0.463 e. The van der Waals surface area contributed by atoms with Crippen molar-refractivity contribution >= 4 is 23.2 Å². The molecule has 108 valence electrons. The van der Waals surface area contributed by atoms with Gasteiger partial charge in [-0.05, 0) is 13.3 Å². The molecule has 2 aromatic heterocycles. The molecule has 3 N–H and O–H groups in total. The van der Waals surface area contributed by atoms with Gasteiger partial charge in [0.1, 0.15) is 0 Å². The minimum atomic E-state index is 0.152. The molecule has 8 heteroatoms. The smallest absolute Gasteiger partial charge is 0.323 e. The van der Waals surface area contributed by atoms with Gasteiger partial charge in [-0.1, -0.05) is 6.92 Å². The Bertz CT molecular complexity index is 559. The highest BCUT2D eigenvalue weighted by Gasteiger charge is 2.05. The number of nitrogens with one attached hydrogen (secondary N) is 1. The summed E-state index contributed by atoms with van der Waals surface area (Å²) < 4.78 is 5.35. The van der Waals surface area contributed by atoms with Crippen LogP contribution in [-0.4, -0.2) is 33.1 Å². The number of anilines is 2. The first-order chi connectivity index (χ1) is 9.67. The van der Waals surface area contributed by atoms with Crippen LogP contribution in [0.5, 0.6) is 6.01 Å². The Balaban J connectivity index is 1.89. The first-order valence-electron chi connectivity index (χ1n) is 6.46. The Morgan fingerprint density at radius 1 is 1.30 bits per heavy atom. The fraction of sp³-hybridized carbons (Fsp3) is 0.500. The van der Waals surface area contributed by atoms with Crippen LogP contribution in [0.2, 0.25) is 0 Å². The van der Waals surface area contributed by atoms with Gasteiger partial charge < -0.3 is 15.8 Å². The molecule has 0 radical (unpaired) electrons. The lowest BCUT2D eigenvalue weighted by Crippen LogP contribution is -2.11. The van der Waals surface area contributed by atoms with Gasteiger partial charge in [-0.15, -0.1) is 11.3 Å². The average Bonchev–Trinajstić information content (AvgIpc) is 2.81. The molecule has 0 saturated carbocycles. The van der Waals surface area contributed by atoms with E-state index in [1.165, 1.54) is 0 Å². The Labute approximate surface area is 121 Å². The number of ether oxygens (including phenoxy) is 1. The lowest BCUT2D eigenvalue weighted by atomic mass is 10.4. The molecule has 0 aliphatic heterocycles. The predicted molar refractivity (Wildman–Crippen MR) is 79.1 cm³/mol. The van der Waals surface area contributed by atoms with E-state index in [1.54, 1.807) is 11.3 Å². The van der Waals surface area contributed by atoms with Crippen molar-refractivity contribution in [3.8, 4) is 6.01 Å². The lowest BCUT2D eigenvalue weighted by Gasteiger charge is -2.07. The van der Waals surface area contributed by atoms with E-state index in [2.05, 4.69) is 25.3 Å². The van der Waals surface area contributed by atoms with Crippen LogP contribution in [0.1, 0.15) is 24.0 Å². The average molecular weight is 294 g/mol. The zero-order valence-corrected chi connectivity index (χ0v) is 12.4. The Morgan fingerprint density at radius 2 is 2.15 bits per heavy atom. The number of hydrogen-bond acceptors (Lipinski definition) is 8. The van der Waals surface area contributed by atoms with Crippen molar-refractivity contribution < 1.29 is 4.74 Å². The highest BCUT2D eigenvalue weighted by atomic mass is 32.1. The van der Waals surface area contributed by atoms with Crippen LogP contribution in [0, 0.1) is 6.92 Å². The first-order valence-corrected chi connectivity index (χ1v) is 7.34. The summed E-state index contributed by atoms with van der Waals surface area (Å²) in [5.74, 6) is 0.579. The molecule has 0 amide bonds. The maximum atomic E-state index is 5.62. The molecule has 7 nitrogen and oxygen atoms in total. The third-order valence-corrected chi connectivity index (χ3v) is 3.38. The zero-order valence-electron chi connectivity index (χ0n) is 11.6. The maximum Gasteiger partial charge on any atom is 0.323 e. The van der Waals surface area contributed by atoms with Crippen molar-refractivity contribution in [2.24, 2.45) is 0 Å². The number of nitrogens with zero attached hydrogens (tertiary/aromatic N) is 4. The van der Waals surface area contributed by atoms with Gasteiger partial charge >= 0.3 is 6.01 Å². The van der Waals surface area contributed by atoms with Gasteiger partial charge in [0.25, 0.3) is 0 Å². The van der Waals surface area contributed by atoms with Crippen LogP contribution in [0.15, 0.2) is 5.38 Å². The number of rotatable bonds is 7. The van der Waals surface area contributed by atoms with E-state index in [-0.39, 0.29) is 12.0 Å². The van der Waals surface area contributed by atoms with Crippen molar-refractivity contribution in [2.75, 3.05) is 24.2 Å². The van der Waals surface area contributed by atoms with Crippen LogP contribution in [-0.2, 0) is 6.42 Å². The summed E-state index contributed by atoms with van der Waals surface area (Å²) in [7, 11) is 0. The number of thiazole rings is 1. The van der Waals surface area contributed by atoms with Gasteiger partial charge in [-0.25, -0.2) is 4.98 Å². The molecular formula is C12H18N6OS. The van der Waals surface area contributed by atoms with Crippen LogP contribution >= 0.6 is 11.3 Å². The van der Waals surface area contributed by atoms with E-state index in [4.69, 9.17) is 10.5 Å². The van der Waals surface area contributed by atoms with Gasteiger partial charge in [0.05, 0.1) is 11.6 Å². The highest BCUT2D eigenvalue weighted by Crippen LogP contribution is 2.11. The van der Waals surface area contributed by atoms with Gasteiger partial charge in [0.15, 0.2) is 0 Å². The SMILES string of the molecule is CCCOc1nc(N)nc(NCCc2nc(C)cs2)n1. The van der Waals surface area contributed by atoms with Crippen molar-refractivity contribution in [3.05, 3.63) is 16.1 Å². The second-order valence-electron chi connectivity index (χ2n) is 4.21. The molecule has 2 heterocycles. The molecule has 2 aromatic rings. The fourth-order valence-corrected chi connectivity index (χ4v) is 2.28. The number of nitrogen functional groups attached to an aromatic ring is 1. The first kappa shape index (κ1) is 14.4. The molecule has 20 heavy (non-hydrogen) atoms. The van der Waals surface area contributed by atoms with E-state index >= 15 is 0 Å².